The van der Waals surface area contributed by atoms with Gasteiger partial charge >= 0.3 is 11.9 Å². The highest BCUT2D eigenvalue weighted by atomic mass is 16.5. The van der Waals surface area contributed by atoms with Crippen LogP contribution in [0.1, 0.15) is 43.0 Å². The Morgan fingerprint density at radius 1 is 0.521 bits per heavy atom. The van der Waals surface area contributed by atoms with Crippen LogP contribution in [0, 0.1) is 20.8 Å². The smallest absolute Gasteiger partial charge is 0.339 e. The molecule has 0 radical (unpaired) electrons. The molecule has 11 heteroatoms. The predicted octanol–water partition coefficient (Wildman–Crippen LogP) is 6.91. The number of carbonyl (C=O) groups excluding carboxylic acids is 1. The summed E-state index contributed by atoms with van der Waals surface area (Å²) in [4.78, 5) is 36.3. The van der Waals surface area contributed by atoms with Crippen molar-refractivity contribution in [1.82, 2.24) is 0 Å². The van der Waals surface area contributed by atoms with Gasteiger partial charge in [-0.2, -0.15) is 0 Å². The number of ether oxygens (including phenoxy) is 6. The van der Waals surface area contributed by atoms with E-state index in [-0.39, 0.29) is 22.6 Å². The molecule has 0 aromatic heterocycles. The van der Waals surface area contributed by atoms with Gasteiger partial charge in [0.15, 0.2) is 0 Å². The number of hydrogen-bond acceptors (Lipinski definition) is 9. The summed E-state index contributed by atoms with van der Waals surface area (Å²) in [6.07, 6.45) is 1.25. The van der Waals surface area contributed by atoms with E-state index < -0.39 is 11.9 Å². The molecule has 250 valence electrons. The predicted molar refractivity (Wildman–Crippen MR) is 180 cm³/mol. The molecule has 2 N–H and O–H groups in total. The van der Waals surface area contributed by atoms with Crippen LogP contribution in [-0.2, 0) is 4.79 Å². The number of rotatable bonds is 12. The normalized spacial score (nSPS) is 10.5. The van der Waals surface area contributed by atoms with Gasteiger partial charge in [-0.3, -0.25) is 0 Å². The van der Waals surface area contributed by atoms with Crippen LogP contribution in [0.25, 0.3) is 39.5 Å². The third-order valence-electron chi connectivity index (χ3n) is 8.33. The molecule has 4 aromatic rings. The maximum atomic E-state index is 12.4. The highest BCUT2D eigenvalue weighted by molar-refractivity contribution is 6.00. The second kappa shape index (κ2) is 14.2. The van der Waals surface area contributed by atoms with E-state index in [2.05, 4.69) is 0 Å². The Morgan fingerprint density at radius 2 is 0.833 bits per heavy atom. The van der Waals surface area contributed by atoms with Crippen LogP contribution in [-0.4, -0.2) is 70.8 Å². The molecule has 0 aliphatic carbocycles. The standard InChI is InChI=1S/C37H36O11/c1-18-33(22-12-21(10-11-38)27(43-4)15-28(22)44-5)19(2)35(24-14-26(37(41)42)32(48-9)17-30(24)46-7)20(3)34(18)23-13-25(36(39)40)31(47-8)16-29(23)45-6/h10,12-17H,1-9H3,(H,39,40)(H,41,42). The first-order chi connectivity index (χ1) is 22.9. The topological polar surface area (TPSA) is 147 Å². The van der Waals surface area contributed by atoms with Crippen molar-refractivity contribution >= 4 is 24.0 Å². The second-order valence-corrected chi connectivity index (χ2v) is 10.7. The van der Waals surface area contributed by atoms with Gasteiger partial charge in [0.25, 0.3) is 0 Å². The van der Waals surface area contributed by atoms with Crippen LogP contribution >= 0.6 is 0 Å². The van der Waals surface area contributed by atoms with Gasteiger partial charge in [0.05, 0.1) is 42.7 Å². The number of carbonyl (C=O) groups is 2. The van der Waals surface area contributed by atoms with Crippen molar-refractivity contribution in [2.75, 3.05) is 42.7 Å². The van der Waals surface area contributed by atoms with Crippen molar-refractivity contribution in [3.8, 4) is 67.9 Å². The summed E-state index contributed by atoms with van der Waals surface area (Å²) in [7, 11) is 8.66. The van der Waals surface area contributed by atoms with Gasteiger partial charge in [-0.25, -0.2) is 14.4 Å². The molecular weight excluding hydrogens is 620 g/mol. The summed E-state index contributed by atoms with van der Waals surface area (Å²) < 4.78 is 33.6. The Hall–Kier alpha value is -5.93. The fraction of sp³-hybridized carbons (Fsp3) is 0.243. The monoisotopic (exact) mass is 656 g/mol. The Bertz CT molecular complexity index is 1760. The molecule has 0 amide bonds. The van der Waals surface area contributed by atoms with E-state index in [1.807, 2.05) is 26.7 Å². The van der Waals surface area contributed by atoms with Crippen LogP contribution in [0.3, 0.4) is 0 Å². The Kier molecular flexibility index (Phi) is 10.4. The molecule has 0 heterocycles. The summed E-state index contributed by atoms with van der Waals surface area (Å²) in [5, 5.41) is 20.2. The molecule has 48 heavy (non-hydrogen) atoms. The molecule has 0 saturated heterocycles. The average molecular weight is 657 g/mol. The minimum absolute atomic E-state index is 0.0913. The van der Waals surface area contributed by atoms with E-state index in [0.29, 0.717) is 78.6 Å². The van der Waals surface area contributed by atoms with Gasteiger partial charge in [-0.1, -0.05) is 0 Å². The molecule has 0 aliphatic heterocycles. The lowest BCUT2D eigenvalue weighted by Gasteiger charge is -2.26. The molecule has 0 atom stereocenters. The fourth-order valence-corrected chi connectivity index (χ4v) is 6.25. The van der Waals surface area contributed by atoms with Crippen molar-refractivity contribution < 1.29 is 53.0 Å². The lowest BCUT2D eigenvalue weighted by Crippen LogP contribution is -2.07. The van der Waals surface area contributed by atoms with Crippen LogP contribution in [0.2, 0.25) is 0 Å². The molecule has 0 unspecified atom stereocenters. The molecule has 4 rings (SSSR count). The first kappa shape index (κ1) is 34.9. The third kappa shape index (κ3) is 5.99. The van der Waals surface area contributed by atoms with E-state index in [9.17, 15) is 24.6 Å². The van der Waals surface area contributed by atoms with E-state index in [4.69, 9.17) is 28.4 Å². The van der Waals surface area contributed by atoms with Crippen LogP contribution in [0.5, 0.6) is 34.5 Å². The molecule has 11 nitrogen and oxygen atoms in total. The van der Waals surface area contributed by atoms with E-state index in [1.165, 1.54) is 73.0 Å². The molecule has 0 spiro atoms. The average Bonchev–Trinajstić information content (AvgIpc) is 3.07. The summed E-state index contributed by atoms with van der Waals surface area (Å²) >= 11 is 0. The first-order valence-corrected chi connectivity index (χ1v) is 14.5. The Morgan fingerprint density at radius 3 is 1.12 bits per heavy atom. The fourth-order valence-electron chi connectivity index (χ4n) is 6.25. The highest BCUT2D eigenvalue weighted by Crippen LogP contribution is 2.51. The van der Waals surface area contributed by atoms with Crippen LogP contribution in [0.4, 0.5) is 0 Å². The van der Waals surface area contributed by atoms with Gasteiger partial charge < -0.3 is 38.6 Å². The van der Waals surface area contributed by atoms with Crippen molar-refractivity contribution in [2.24, 2.45) is 0 Å². The van der Waals surface area contributed by atoms with Crippen LogP contribution < -0.4 is 28.4 Å². The van der Waals surface area contributed by atoms with Crippen LogP contribution in [0.15, 0.2) is 36.4 Å². The SMILES string of the molecule is COc1cc(OC)c(-c2c(C)c(-c3cc(C(=O)O)c(OC)cc3OC)c(C)c(-c3cc(C(=O)O)c(OC)cc3OC)c2C)cc1C=C=O. The number of aromatic carboxylic acids is 2. The molecular formula is C37H36O11. The number of benzene rings is 4. The van der Waals surface area contributed by atoms with Gasteiger partial charge in [0.1, 0.15) is 51.6 Å². The van der Waals surface area contributed by atoms with Gasteiger partial charge in [-0.05, 0) is 72.4 Å². The Balaban J connectivity index is 2.34. The minimum atomic E-state index is -1.20. The largest absolute Gasteiger partial charge is 0.496 e. The summed E-state index contributed by atoms with van der Waals surface area (Å²) in [5.41, 5.74) is 5.69. The third-order valence-corrected chi connectivity index (χ3v) is 8.33. The zero-order chi connectivity index (χ0) is 35.4. The maximum absolute atomic E-state index is 12.4. The minimum Gasteiger partial charge on any atom is -0.496 e. The number of hydrogen-bond donors (Lipinski definition) is 2. The van der Waals surface area contributed by atoms with E-state index >= 15 is 0 Å². The summed E-state index contributed by atoms with van der Waals surface area (Å²) in [6, 6.07) is 9.38. The van der Waals surface area contributed by atoms with Crippen molar-refractivity contribution in [3.63, 3.8) is 0 Å². The van der Waals surface area contributed by atoms with E-state index in [0.717, 1.165) is 0 Å². The van der Waals surface area contributed by atoms with E-state index in [1.54, 1.807) is 12.1 Å². The molecule has 0 aliphatic rings. The zero-order valence-corrected chi connectivity index (χ0v) is 28.1. The van der Waals surface area contributed by atoms with Gasteiger partial charge in [0.2, 0.25) is 0 Å². The lowest BCUT2D eigenvalue weighted by atomic mass is 9.79. The molecule has 4 aromatic carbocycles. The first-order valence-electron chi connectivity index (χ1n) is 14.5. The van der Waals surface area contributed by atoms with Gasteiger partial charge in [-0.15, -0.1) is 0 Å². The molecule has 0 fully saturated rings. The summed E-state index contributed by atoms with van der Waals surface area (Å²) in [5.74, 6) is 1.09. The van der Waals surface area contributed by atoms with Crippen molar-refractivity contribution in [1.29, 1.82) is 0 Å². The Labute approximate surface area is 277 Å². The van der Waals surface area contributed by atoms with Crippen molar-refractivity contribution in [3.05, 3.63) is 69.8 Å². The summed E-state index contributed by atoms with van der Waals surface area (Å²) in [6.45, 7) is 5.62. The molecule has 0 saturated carbocycles. The number of carboxylic acid groups (broad SMARTS) is 2. The highest BCUT2D eigenvalue weighted by Gasteiger charge is 2.29. The van der Waals surface area contributed by atoms with Gasteiger partial charge in [0, 0.05) is 46.5 Å². The zero-order valence-electron chi connectivity index (χ0n) is 28.1. The van der Waals surface area contributed by atoms with Crippen molar-refractivity contribution in [2.45, 2.75) is 20.8 Å². The number of carboxylic acids is 2. The number of methoxy groups -OCH3 is 6. The quantitative estimate of drug-likeness (QED) is 0.153. The second-order valence-electron chi connectivity index (χ2n) is 10.7. The maximum Gasteiger partial charge on any atom is 0.339 e. The molecule has 0 bridgehead atoms. The lowest BCUT2D eigenvalue weighted by molar-refractivity contribution is 0.0682.